The average molecular weight is 291 g/mol. The predicted octanol–water partition coefficient (Wildman–Crippen LogP) is 1.79. The number of nitriles is 1. The summed E-state index contributed by atoms with van der Waals surface area (Å²) in [5.74, 6) is -0.802. The van der Waals surface area contributed by atoms with Gasteiger partial charge in [-0.25, -0.2) is 4.39 Å². The molecule has 21 heavy (non-hydrogen) atoms. The van der Waals surface area contributed by atoms with E-state index in [1.165, 1.54) is 18.2 Å². The van der Waals surface area contributed by atoms with Gasteiger partial charge in [-0.05, 0) is 44.1 Å². The Kier molecular flexibility index (Phi) is 5.67. The van der Waals surface area contributed by atoms with E-state index in [0.29, 0.717) is 12.3 Å². The van der Waals surface area contributed by atoms with Crippen LogP contribution in [0.1, 0.15) is 24.8 Å². The molecule has 1 heterocycles. The highest BCUT2D eigenvalue weighted by atomic mass is 19.1. The number of benzene rings is 1. The summed E-state index contributed by atoms with van der Waals surface area (Å²) in [6, 6.07) is 5.66. The number of rotatable bonds is 5. The summed E-state index contributed by atoms with van der Waals surface area (Å²) in [6.45, 7) is 2.26. The lowest BCUT2D eigenvalue weighted by Gasteiger charge is -2.22. The third-order valence-electron chi connectivity index (χ3n) is 3.34. The van der Waals surface area contributed by atoms with Crippen LogP contribution in [0.25, 0.3) is 0 Å². The van der Waals surface area contributed by atoms with Crippen molar-refractivity contribution in [3.63, 3.8) is 0 Å². The second-order valence-corrected chi connectivity index (χ2v) is 4.92. The van der Waals surface area contributed by atoms with Crippen LogP contribution in [-0.4, -0.2) is 31.7 Å². The van der Waals surface area contributed by atoms with Crippen molar-refractivity contribution in [2.45, 2.75) is 25.4 Å². The maximum atomic E-state index is 13.2. The average Bonchev–Trinajstić information content (AvgIpc) is 2.50. The van der Waals surface area contributed by atoms with Crippen LogP contribution in [0.2, 0.25) is 0 Å². The fourth-order valence-electron chi connectivity index (χ4n) is 2.19. The van der Waals surface area contributed by atoms with Gasteiger partial charge in [-0.15, -0.1) is 0 Å². The van der Waals surface area contributed by atoms with Crippen LogP contribution >= 0.6 is 0 Å². The van der Waals surface area contributed by atoms with E-state index in [4.69, 9.17) is 10.00 Å². The molecular weight excluding hydrogens is 273 g/mol. The molecule has 5 nitrogen and oxygen atoms in total. The lowest BCUT2D eigenvalue weighted by atomic mass is 10.1. The predicted molar refractivity (Wildman–Crippen MR) is 76.2 cm³/mol. The molecule has 1 fully saturated rings. The van der Waals surface area contributed by atoms with E-state index < -0.39 is 5.82 Å². The van der Waals surface area contributed by atoms with E-state index in [2.05, 4.69) is 10.6 Å². The first-order chi connectivity index (χ1) is 10.2. The Bertz CT molecular complexity index is 536. The largest absolute Gasteiger partial charge is 0.378 e. The zero-order chi connectivity index (χ0) is 15.1. The number of ether oxygens (including phenoxy) is 1. The van der Waals surface area contributed by atoms with Gasteiger partial charge in [0.2, 0.25) is 5.91 Å². The van der Waals surface area contributed by atoms with Gasteiger partial charge in [0.1, 0.15) is 11.9 Å². The van der Waals surface area contributed by atoms with Crippen molar-refractivity contribution in [2.24, 2.45) is 0 Å². The molecule has 0 saturated carbocycles. The van der Waals surface area contributed by atoms with Crippen molar-refractivity contribution in [3.8, 4) is 6.07 Å². The molecule has 0 spiro atoms. The van der Waals surface area contributed by atoms with Crippen molar-refractivity contribution in [3.05, 3.63) is 29.6 Å². The Labute approximate surface area is 123 Å². The normalized spacial score (nSPS) is 15.4. The molecule has 1 amide bonds. The van der Waals surface area contributed by atoms with Gasteiger partial charge in [0.25, 0.3) is 0 Å². The molecule has 1 aliphatic rings. The summed E-state index contributed by atoms with van der Waals surface area (Å²) in [5.41, 5.74) is 0.332. The molecule has 2 rings (SSSR count). The Hall–Kier alpha value is -1.97. The number of amides is 1. The Morgan fingerprint density at radius 2 is 2.24 bits per heavy atom. The Morgan fingerprint density at radius 1 is 1.48 bits per heavy atom. The molecule has 1 aliphatic heterocycles. The Morgan fingerprint density at radius 3 is 2.95 bits per heavy atom. The zero-order valence-electron chi connectivity index (χ0n) is 11.7. The number of nitrogens with one attached hydrogen (secondary N) is 2. The lowest BCUT2D eigenvalue weighted by Crippen LogP contribution is -2.33. The maximum Gasteiger partial charge on any atom is 0.226 e. The molecule has 2 N–H and O–H groups in total. The molecule has 0 aromatic heterocycles. The number of carbonyl (C=O) groups is 1. The van der Waals surface area contributed by atoms with E-state index in [9.17, 15) is 9.18 Å². The molecule has 1 aromatic rings. The molecular formula is C15H18FN3O2. The highest BCUT2D eigenvalue weighted by Gasteiger charge is 2.13. The van der Waals surface area contributed by atoms with Gasteiger partial charge in [0.05, 0.1) is 24.7 Å². The number of carbonyl (C=O) groups excluding carboxylic acids is 1. The van der Waals surface area contributed by atoms with Crippen LogP contribution < -0.4 is 10.6 Å². The molecule has 1 aromatic carbocycles. The summed E-state index contributed by atoms with van der Waals surface area (Å²) in [4.78, 5) is 11.8. The van der Waals surface area contributed by atoms with Gasteiger partial charge in [0.15, 0.2) is 0 Å². The van der Waals surface area contributed by atoms with Crippen molar-refractivity contribution < 1.29 is 13.9 Å². The lowest BCUT2D eigenvalue weighted by molar-refractivity contribution is -0.117. The fraction of sp³-hybridized carbons (Fsp3) is 0.467. The topological polar surface area (TPSA) is 74.2 Å². The van der Waals surface area contributed by atoms with Gasteiger partial charge in [0, 0.05) is 5.69 Å². The van der Waals surface area contributed by atoms with Crippen molar-refractivity contribution in [2.75, 3.05) is 25.0 Å². The maximum absolute atomic E-state index is 13.2. The molecule has 0 aliphatic carbocycles. The van der Waals surface area contributed by atoms with E-state index in [1.807, 2.05) is 0 Å². The smallest absolute Gasteiger partial charge is 0.226 e. The first-order valence-corrected chi connectivity index (χ1v) is 7.01. The van der Waals surface area contributed by atoms with E-state index in [1.54, 1.807) is 6.07 Å². The number of anilines is 1. The third kappa shape index (κ3) is 4.81. The molecule has 1 saturated heterocycles. The molecule has 0 bridgehead atoms. The number of hydrogen-bond acceptors (Lipinski definition) is 4. The number of hydrogen-bond donors (Lipinski definition) is 2. The SMILES string of the molecule is N#Cc1cc(NC(=O)CCOC2CCNCC2)ccc1F. The van der Waals surface area contributed by atoms with Crippen LogP contribution in [-0.2, 0) is 9.53 Å². The zero-order valence-corrected chi connectivity index (χ0v) is 11.7. The highest BCUT2D eigenvalue weighted by molar-refractivity contribution is 5.90. The standard InChI is InChI=1S/C15H18FN3O2/c16-14-2-1-12(9-11(14)10-17)19-15(20)5-8-21-13-3-6-18-7-4-13/h1-2,9,13,18H,3-8H2,(H,19,20). The van der Waals surface area contributed by atoms with Crippen molar-refractivity contribution in [1.82, 2.24) is 5.32 Å². The second kappa shape index (κ2) is 7.72. The number of halogens is 1. The summed E-state index contributed by atoms with van der Waals surface area (Å²) < 4.78 is 18.8. The molecule has 112 valence electrons. The minimum atomic E-state index is -0.593. The van der Waals surface area contributed by atoms with Gasteiger partial charge < -0.3 is 15.4 Å². The summed E-state index contributed by atoms with van der Waals surface area (Å²) in [6.07, 6.45) is 2.38. The van der Waals surface area contributed by atoms with Crippen molar-refractivity contribution in [1.29, 1.82) is 5.26 Å². The van der Waals surface area contributed by atoms with E-state index in [-0.39, 0.29) is 24.0 Å². The van der Waals surface area contributed by atoms with E-state index in [0.717, 1.165) is 25.9 Å². The number of piperidine rings is 1. The monoisotopic (exact) mass is 291 g/mol. The van der Waals surface area contributed by atoms with Gasteiger partial charge in [-0.1, -0.05) is 0 Å². The minimum Gasteiger partial charge on any atom is -0.378 e. The fourth-order valence-corrected chi connectivity index (χ4v) is 2.19. The van der Waals surface area contributed by atoms with Gasteiger partial charge >= 0.3 is 0 Å². The highest BCUT2D eigenvalue weighted by Crippen LogP contribution is 2.14. The van der Waals surface area contributed by atoms with Crippen LogP contribution in [0.3, 0.4) is 0 Å². The van der Waals surface area contributed by atoms with Crippen LogP contribution in [0.5, 0.6) is 0 Å². The minimum absolute atomic E-state index is 0.0845. The number of nitrogens with zero attached hydrogens (tertiary/aromatic N) is 1. The van der Waals surface area contributed by atoms with Crippen LogP contribution in [0.4, 0.5) is 10.1 Å². The van der Waals surface area contributed by atoms with Gasteiger partial charge in [-0.2, -0.15) is 5.26 Å². The Balaban J connectivity index is 1.75. The summed E-state index contributed by atoms with van der Waals surface area (Å²) in [7, 11) is 0. The molecule has 6 heteroatoms. The first-order valence-electron chi connectivity index (χ1n) is 7.01. The molecule has 0 unspecified atom stereocenters. The van der Waals surface area contributed by atoms with Crippen LogP contribution in [0, 0.1) is 17.1 Å². The summed E-state index contributed by atoms with van der Waals surface area (Å²) in [5, 5.41) is 14.6. The molecule has 0 radical (unpaired) electrons. The quantitative estimate of drug-likeness (QED) is 0.867. The third-order valence-corrected chi connectivity index (χ3v) is 3.34. The van der Waals surface area contributed by atoms with Gasteiger partial charge in [-0.3, -0.25) is 4.79 Å². The van der Waals surface area contributed by atoms with E-state index >= 15 is 0 Å². The van der Waals surface area contributed by atoms with Crippen molar-refractivity contribution >= 4 is 11.6 Å². The second-order valence-electron chi connectivity index (χ2n) is 4.92. The van der Waals surface area contributed by atoms with Crippen LogP contribution in [0.15, 0.2) is 18.2 Å². The molecule has 0 atom stereocenters. The first kappa shape index (κ1) is 15.4. The summed E-state index contributed by atoms with van der Waals surface area (Å²) >= 11 is 0.